The van der Waals surface area contributed by atoms with Crippen molar-refractivity contribution in [2.45, 2.75) is 64.8 Å². The predicted molar refractivity (Wildman–Crippen MR) is 179 cm³/mol. The van der Waals surface area contributed by atoms with E-state index in [4.69, 9.17) is 19.6 Å². The SMILES string of the molecule is C[Si](C)(C)CCOCn1nc(-c2nc3ccc(-c4ccccc4)cc3n2COCC[Si](C)(C)C)c2cc(C(=O)O)ccc21. The van der Waals surface area contributed by atoms with E-state index in [1.165, 1.54) is 0 Å². The average Bonchev–Trinajstić information content (AvgIpc) is 3.50. The number of hydrogen-bond donors (Lipinski definition) is 1. The molecule has 8 nitrogen and oxygen atoms in total. The number of carbonyl (C=O) groups is 1. The Hall–Kier alpha value is -3.58. The molecule has 0 spiro atoms. The second kappa shape index (κ2) is 12.6. The molecule has 0 radical (unpaired) electrons. The van der Waals surface area contributed by atoms with Crippen LogP contribution in [0.15, 0.2) is 66.7 Å². The summed E-state index contributed by atoms with van der Waals surface area (Å²) in [5, 5.41) is 15.5. The molecule has 3 aromatic carbocycles. The molecule has 0 aliphatic rings. The van der Waals surface area contributed by atoms with Gasteiger partial charge in [0.15, 0.2) is 5.82 Å². The van der Waals surface area contributed by atoms with Crippen molar-refractivity contribution in [2.24, 2.45) is 0 Å². The van der Waals surface area contributed by atoms with Crippen molar-refractivity contribution in [1.29, 1.82) is 0 Å². The lowest BCUT2D eigenvalue weighted by Crippen LogP contribution is -2.22. The van der Waals surface area contributed by atoms with Gasteiger partial charge in [0, 0.05) is 34.7 Å². The van der Waals surface area contributed by atoms with Gasteiger partial charge in [-0.05, 0) is 53.5 Å². The summed E-state index contributed by atoms with van der Waals surface area (Å²) in [4.78, 5) is 17.0. The van der Waals surface area contributed by atoms with Crippen molar-refractivity contribution < 1.29 is 19.4 Å². The van der Waals surface area contributed by atoms with Gasteiger partial charge in [-0.2, -0.15) is 5.10 Å². The first kappa shape index (κ1) is 30.9. The Labute approximate surface area is 255 Å². The first-order valence-corrected chi connectivity index (χ1v) is 22.3. The molecule has 5 aromatic rings. The highest BCUT2D eigenvalue weighted by Gasteiger charge is 2.22. The number of imidazole rings is 1. The molecule has 0 saturated heterocycles. The average molecular weight is 615 g/mol. The van der Waals surface area contributed by atoms with Gasteiger partial charge in [-0.25, -0.2) is 14.5 Å². The minimum absolute atomic E-state index is 0.202. The van der Waals surface area contributed by atoms with E-state index < -0.39 is 22.1 Å². The monoisotopic (exact) mass is 614 g/mol. The van der Waals surface area contributed by atoms with E-state index in [1.807, 2.05) is 35.0 Å². The number of nitrogens with zero attached hydrogens (tertiary/aromatic N) is 4. The summed E-state index contributed by atoms with van der Waals surface area (Å²) in [7, 11) is -2.52. The topological polar surface area (TPSA) is 91.4 Å². The van der Waals surface area contributed by atoms with Crippen LogP contribution >= 0.6 is 0 Å². The van der Waals surface area contributed by atoms with Crippen molar-refractivity contribution in [3.8, 4) is 22.6 Å². The fraction of sp³-hybridized carbons (Fsp3) is 0.364. The summed E-state index contributed by atoms with van der Waals surface area (Å²) in [5.41, 5.74) is 5.58. The molecule has 1 N–H and O–H groups in total. The number of aromatic nitrogens is 4. The van der Waals surface area contributed by atoms with E-state index in [0.29, 0.717) is 31.5 Å². The Bertz CT molecular complexity index is 1730. The first-order chi connectivity index (χ1) is 20.4. The lowest BCUT2D eigenvalue weighted by Gasteiger charge is -2.16. The van der Waals surface area contributed by atoms with E-state index in [-0.39, 0.29) is 12.3 Å². The smallest absolute Gasteiger partial charge is 0.335 e. The van der Waals surface area contributed by atoms with E-state index in [9.17, 15) is 9.90 Å². The zero-order valence-electron chi connectivity index (χ0n) is 26.1. The number of aromatic carboxylic acids is 1. The quantitative estimate of drug-likeness (QED) is 0.107. The highest BCUT2D eigenvalue weighted by molar-refractivity contribution is 6.76. The van der Waals surface area contributed by atoms with Crippen LogP contribution in [0.1, 0.15) is 10.4 Å². The van der Waals surface area contributed by atoms with Gasteiger partial charge in [0.2, 0.25) is 0 Å². The fourth-order valence-corrected chi connectivity index (χ4v) is 6.40. The Morgan fingerprint density at radius 2 is 1.47 bits per heavy atom. The zero-order valence-corrected chi connectivity index (χ0v) is 28.1. The Morgan fingerprint density at radius 3 is 2.12 bits per heavy atom. The largest absolute Gasteiger partial charge is 0.478 e. The van der Waals surface area contributed by atoms with Crippen LogP contribution in [0.3, 0.4) is 0 Å². The van der Waals surface area contributed by atoms with Gasteiger partial charge in [0.1, 0.15) is 19.2 Å². The lowest BCUT2D eigenvalue weighted by atomic mass is 10.1. The van der Waals surface area contributed by atoms with Crippen LogP contribution in [0.25, 0.3) is 44.6 Å². The van der Waals surface area contributed by atoms with Gasteiger partial charge in [0.05, 0.1) is 22.1 Å². The maximum Gasteiger partial charge on any atom is 0.335 e. The molecule has 5 rings (SSSR count). The molecule has 2 aromatic heterocycles. The fourth-order valence-electron chi connectivity index (χ4n) is 4.88. The van der Waals surface area contributed by atoms with Crippen molar-refractivity contribution >= 4 is 44.1 Å². The van der Waals surface area contributed by atoms with Gasteiger partial charge in [-0.1, -0.05) is 75.7 Å². The normalized spacial score (nSPS) is 12.4. The highest BCUT2D eigenvalue weighted by atomic mass is 28.3. The van der Waals surface area contributed by atoms with Crippen molar-refractivity contribution in [3.63, 3.8) is 0 Å². The third-order valence-corrected chi connectivity index (χ3v) is 10.9. The van der Waals surface area contributed by atoms with E-state index in [1.54, 1.807) is 12.1 Å². The molecule has 0 aliphatic carbocycles. The lowest BCUT2D eigenvalue weighted by molar-refractivity contribution is 0.0697. The number of benzene rings is 3. The molecule has 0 amide bonds. The maximum atomic E-state index is 12.0. The number of fused-ring (bicyclic) bond motifs is 2. The van der Waals surface area contributed by atoms with Gasteiger partial charge in [-0.3, -0.25) is 4.57 Å². The number of carboxylic acid groups (broad SMARTS) is 1. The van der Waals surface area contributed by atoms with Gasteiger partial charge in [-0.15, -0.1) is 0 Å². The van der Waals surface area contributed by atoms with E-state index in [0.717, 1.165) is 45.2 Å². The molecule has 2 heterocycles. The van der Waals surface area contributed by atoms with Crippen LogP contribution in [-0.2, 0) is 22.9 Å². The molecule has 43 heavy (non-hydrogen) atoms. The van der Waals surface area contributed by atoms with E-state index >= 15 is 0 Å². The summed E-state index contributed by atoms with van der Waals surface area (Å²) in [6.45, 7) is 15.9. The summed E-state index contributed by atoms with van der Waals surface area (Å²) >= 11 is 0. The Balaban J connectivity index is 1.61. The molecular formula is C33H42N4O4Si2. The molecule has 226 valence electrons. The van der Waals surface area contributed by atoms with Gasteiger partial charge in [0.25, 0.3) is 0 Å². The minimum Gasteiger partial charge on any atom is -0.478 e. The van der Waals surface area contributed by atoms with Gasteiger partial charge < -0.3 is 14.6 Å². The van der Waals surface area contributed by atoms with Crippen LogP contribution in [0, 0.1) is 0 Å². The van der Waals surface area contributed by atoms with Crippen molar-refractivity contribution in [1.82, 2.24) is 19.3 Å². The molecule has 0 saturated carbocycles. The van der Waals surface area contributed by atoms with Crippen LogP contribution < -0.4 is 0 Å². The summed E-state index contributed by atoms with van der Waals surface area (Å²) in [6.07, 6.45) is 0. The Kier molecular flexibility index (Phi) is 9.03. The van der Waals surface area contributed by atoms with Crippen LogP contribution in [0.2, 0.25) is 51.4 Å². The highest BCUT2D eigenvalue weighted by Crippen LogP contribution is 2.33. The van der Waals surface area contributed by atoms with Gasteiger partial charge >= 0.3 is 5.97 Å². The first-order valence-electron chi connectivity index (χ1n) is 14.9. The third kappa shape index (κ3) is 7.50. The standard InChI is InChI=1S/C33H42N4O4Si2/c1-42(2,3)18-16-40-22-36-30-21-25(24-10-8-7-9-11-24)12-14-28(30)34-32(36)31-27-20-26(33(38)39)13-15-29(27)37(35-31)23-41-17-19-43(4,5)6/h7-15,20-21H,16-19,22-23H2,1-6H3,(H,38,39). The molecular weight excluding hydrogens is 573 g/mol. The Morgan fingerprint density at radius 1 is 0.791 bits per heavy atom. The summed E-state index contributed by atoms with van der Waals surface area (Å²) < 4.78 is 16.2. The summed E-state index contributed by atoms with van der Waals surface area (Å²) in [6, 6.07) is 23.7. The van der Waals surface area contributed by atoms with E-state index in [2.05, 4.69) is 68.1 Å². The predicted octanol–water partition coefficient (Wildman–Crippen LogP) is 8.04. The number of ether oxygens (including phenoxy) is 2. The van der Waals surface area contributed by atoms with Crippen molar-refractivity contribution in [2.75, 3.05) is 13.2 Å². The minimum atomic E-state index is -1.27. The number of carboxylic acids is 1. The number of rotatable bonds is 13. The van der Waals surface area contributed by atoms with Crippen LogP contribution in [-0.4, -0.2) is 59.8 Å². The zero-order chi connectivity index (χ0) is 30.8. The molecule has 10 heteroatoms. The number of hydrogen-bond acceptors (Lipinski definition) is 5. The molecule has 0 fully saturated rings. The van der Waals surface area contributed by atoms with Crippen LogP contribution in [0.5, 0.6) is 0 Å². The molecule has 0 bridgehead atoms. The molecule has 0 unspecified atom stereocenters. The van der Waals surface area contributed by atoms with Crippen LogP contribution in [0.4, 0.5) is 0 Å². The molecule has 0 atom stereocenters. The summed E-state index contributed by atoms with van der Waals surface area (Å²) in [5.74, 6) is -0.343. The van der Waals surface area contributed by atoms with Crippen molar-refractivity contribution in [3.05, 3.63) is 72.3 Å². The second-order valence-electron chi connectivity index (χ2n) is 13.5. The molecule has 0 aliphatic heterocycles. The third-order valence-electron chi connectivity index (χ3n) is 7.49. The maximum absolute atomic E-state index is 12.0. The second-order valence-corrected chi connectivity index (χ2v) is 24.8.